The summed E-state index contributed by atoms with van der Waals surface area (Å²) in [5.41, 5.74) is 0. The SMILES string of the molecule is CCCCCCCCC[N+](C)(C)CCCl.[Br-]. The van der Waals surface area contributed by atoms with E-state index in [2.05, 4.69) is 21.0 Å². The number of hydrogen-bond acceptors (Lipinski definition) is 0. The van der Waals surface area contributed by atoms with Crippen LogP contribution in [0.2, 0.25) is 0 Å². The third kappa shape index (κ3) is 12.8. The minimum atomic E-state index is 0. The van der Waals surface area contributed by atoms with Gasteiger partial charge in [0, 0.05) is 0 Å². The lowest BCUT2D eigenvalue weighted by atomic mass is 10.1. The highest BCUT2D eigenvalue weighted by molar-refractivity contribution is 6.17. The van der Waals surface area contributed by atoms with Crippen molar-refractivity contribution >= 4 is 11.6 Å². The largest absolute Gasteiger partial charge is 1.00 e. The van der Waals surface area contributed by atoms with Crippen LogP contribution in [0, 0.1) is 0 Å². The zero-order valence-electron chi connectivity index (χ0n) is 11.3. The van der Waals surface area contributed by atoms with Crippen LogP contribution in [0.4, 0.5) is 0 Å². The summed E-state index contributed by atoms with van der Waals surface area (Å²) in [5, 5.41) is 0. The van der Waals surface area contributed by atoms with Crippen LogP contribution in [-0.4, -0.2) is 37.5 Å². The molecule has 0 atom stereocenters. The summed E-state index contributed by atoms with van der Waals surface area (Å²) in [6.45, 7) is 4.64. The Labute approximate surface area is 118 Å². The molecular weight excluding hydrogens is 286 g/mol. The first-order valence-corrected chi connectivity index (χ1v) is 7.04. The fourth-order valence-corrected chi connectivity index (χ4v) is 2.30. The fraction of sp³-hybridized carbons (Fsp3) is 1.00. The molecule has 1 nitrogen and oxygen atoms in total. The second kappa shape index (κ2) is 12.2. The summed E-state index contributed by atoms with van der Waals surface area (Å²) in [6, 6.07) is 0. The zero-order chi connectivity index (χ0) is 11.6. The van der Waals surface area contributed by atoms with E-state index < -0.39 is 0 Å². The van der Waals surface area contributed by atoms with E-state index in [-0.39, 0.29) is 17.0 Å². The van der Waals surface area contributed by atoms with Crippen molar-refractivity contribution in [3.05, 3.63) is 0 Å². The molecule has 0 aromatic carbocycles. The summed E-state index contributed by atoms with van der Waals surface area (Å²) in [4.78, 5) is 0. The molecule has 100 valence electrons. The molecule has 3 heteroatoms. The molecule has 0 aliphatic carbocycles. The maximum absolute atomic E-state index is 5.77. The average Bonchev–Trinajstić information content (AvgIpc) is 2.16. The van der Waals surface area contributed by atoms with Crippen LogP contribution >= 0.6 is 11.6 Å². The van der Waals surface area contributed by atoms with Gasteiger partial charge in [0.25, 0.3) is 0 Å². The number of nitrogens with zero attached hydrogens (tertiary/aromatic N) is 1. The maximum Gasteiger partial charge on any atom is 0.0920 e. The van der Waals surface area contributed by atoms with Gasteiger partial charge in [0.15, 0.2) is 0 Å². The first-order chi connectivity index (χ1) is 7.12. The number of unbranched alkanes of at least 4 members (excludes halogenated alkanes) is 6. The molecule has 0 N–H and O–H groups in total. The molecule has 0 unspecified atom stereocenters. The third-order valence-electron chi connectivity index (χ3n) is 3.06. The molecule has 16 heavy (non-hydrogen) atoms. The molecule has 0 aromatic heterocycles. The Hall–Kier alpha value is 0.730. The van der Waals surface area contributed by atoms with Gasteiger partial charge in [-0.25, -0.2) is 0 Å². The number of quaternary nitrogens is 1. The Morgan fingerprint density at radius 3 is 1.81 bits per heavy atom. The van der Waals surface area contributed by atoms with Crippen molar-refractivity contribution in [1.29, 1.82) is 0 Å². The average molecular weight is 315 g/mol. The van der Waals surface area contributed by atoms with Crippen molar-refractivity contribution in [2.45, 2.75) is 51.9 Å². The second-order valence-electron chi connectivity index (χ2n) is 5.19. The van der Waals surface area contributed by atoms with Gasteiger partial charge in [-0.15, -0.1) is 11.6 Å². The number of hydrogen-bond donors (Lipinski definition) is 0. The quantitative estimate of drug-likeness (QED) is 0.321. The molecule has 0 aliphatic rings. The Balaban J connectivity index is 0. The molecule has 0 fully saturated rings. The van der Waals surface area contributed by atoms with E-state index in [9.17, 15) is 0 Å². The monoisotopic (exact) mass is 313 g/mol. The molecule has 0 rings (SSSR count). The second-order valence-corrected chi connectivity index (χ2v) is 5.57. The fourth-order valence-electron chi connectivity index (χ4n) is 1.84. The van der Waals surface area contributed by atoms with Gasteiger partial charge in [0.2, 0.25) is 0 Å². The topological polar surface area (TPSA) is 0 Å². The molecular formula is C13H29BrClN. The van der Waals surface area contributed by atoms with Crippen LogP contribution in [0.5, 0.6) is 0 Å². The van der Waals surface area contributed by atoms with E-state index in [1.54, 1.807) is 0 Å². The Morgan fingerprint density at radius 1 is 0.812 bits per heavy atom. The predicted octanol–water partition coefficient (Wildman–Crippen LogP) is 1.06. The minimum absolute atomic E-state index is 0. The van der Waals surface area contributed by atoms with Gasteiger partial charge in [0.1, 0.15) is 0 Å². The molecule has 0 amide bonds. The molecule has 0 saturated carbocycles. The predicted molar refractivity (Wildman–Crippen MR) is 70.6 cm³/mol. The normalized spacial score (nSPS) is 11.2. The summed E-state index contributed by atoms with van der Waals surface area (Å²) < 4.78 is 1.08. The molecule has 0 aromatic rings. The standard InChI is InChI=1S/C13H29ClN.BrH/c1-4-5-6-7-8-9-10-12-15(2,3)13-11-14;/h4-13H2,1-3H3;1H/q+1;/p-1. The van der Waals surface area contributed by atoms with E-state index in [4.69, 9.17) is 11.6 Å². The van der Waals surface area contributed by atoms with Crippen molar-refractivity contribution in [1.82, 2.24) is 0 Å². The van der Waals surface area contributed by atoms with Crippen LogP contribution in [0.25, 0.3) is 0 Å². The Morgan fingerprint density at radius 2 is 1.31 bits per heavy atom. The highest BCUT2D eigenvalue weighted by Gasteiger charge is 2.12. The highest BCUT2D eigenvalue weighted by Crippen LogP contribution is 2.09. The van der Waals surface area contributed by atoms with Gasteiger partial charge in [-0.2, -0.15) is 0 Å². The van der Waals surface area contributed by atoms with Crippen LogP contribution < -0.4 is 17.0 Å². The first-order valence-electron chi connectivity index (χ1n) is 6.50. The molecule has 0 bridgehead atoms. The van der Waals surface area contributed by atoms with Crippen molar-refractivity contribution in [3.63, 3.8) is 0 Å². The van der Waals surface area contributed by atoms with Gasteiger partial charge in [-0.1, -0.05) is 39.0 Å². The lowest BCUT2D eigenvalue weighted by Gasteiger charge is -2.28. The van der Waals surface area contributed by atoms with E-state index in [1.165, 1.54) is 51.5 Å². The van der Waals surface area contributed by atoms with Crippen molar-refractivity contribution in [2.24, 2.45) is 0 Å². The highest BCUT2D eigenvalue weighted by atomic mass is 79.9. The molecule has 0 radical (unpaired) electrons. The number of rotatable bonds is 10. The van der Waals surface area contributed by atoms with E-state index in [0.717, 1.165) is 16.9 Å². The summed E-state index contributed by atoms with van der Waals surface area (Å²) in [6.07, 6.45) is 9.78. The van der Waals surface area contributed by atoms with Crippen LogP contribution in [-0.2, 0) is 0 Å². The summed E-state index contributed by atoms with van der Waals surface area (Å²) >= 11 is 5.77. The molecule has 0 saturated heterocycles. The van der Waals surface area contributed by atoms with Gasteiger partial charge >= 0.3 is 0 Å². The van der Waals surface area contributed by atoms with E-state index >= 15 is 0 Å². The molecule has 0 aliphatic heterocycles. The first kappa shape index (κ1) is 19.1. The lowest BCUT2D eigenvalue weighted by Crippen LogP contribution is -3.00. The third-order valence-corrected chi connectivity index (χ3v) is 3.23. The van der Waals surface area contributed by atoms with Gasteiger partial charge in [-0.3, -0.25) is 0 Å². The van der Waals surface area contributed by atoms with Gasteiger partial charge in [-0.05, 0) is 12.8 Å². The zero-order valence-corrected chi connectivity index (χ0v) is 13.6. The number of halogens is 2. The molecule has 0 heterocycles. The molecule has 0 spiro atoms. The van der Waals surface area contributed by atoms with Gasteiger partial charge in [0.05, 0.1) is 33.1 Å². The lowest BCUT2D eigenvalue weighted by molar-refractivity contribution is -0.888. The van der Waals surface area contributed by atoms with Crippen molar-refractivity contribution in [2.75, 3.05) is 33.1 Å². The Kier molecular flexibility index (Phi) is 14.5. The van der Waals surface area contributed by atoms with Gasteiger partial charge < -0.3 is 21.5 Å². The van der Waals surface area contributed by atoms with Crippen molar-refractivity contribution < 1.29 is 21.5 Å². The smallest absolute Gasteiger partial charge is 0.0920 e. The van der Waals surface area contributed by atoms with Crippen LogP contribution in [0.15, 0.2) is 0 Å². The van der Waals surface area contributed by atoms with E-state index in [1.807, 2.05) is 0 Å². The Bertz CT molecular complexity index is 140. The van der Waals surface area contributed by atoms with Crippen LogP contribution in [0.1, 0.15) is 51.9 Å². The summed E-state index contributed by atoms with van der Waals surface area (Å²) in [5.74, 6) is 0.781. The van der Waals surface area contributed by atoms with E-state index in [0.29, 0.717) is 0 Å². The number of alkyl halides is 1. The maximum atomic E-state index is 5.77. The van der Waals surface area contributed by atoms with Crippen molar-refractivity contribution in [3.8, 4) is 0 Å². The summed E-state index contributed by atoms with van der Waals surface area (Å²) in [7, 11) is 4.55. The van der Waals surface area contributed by atoms with Crippen LogP contribution in [0.3, 0.4) is 0 Å². The minimum Gasteiger partial charge on any atom is -1.00 e.